The summed E-state index contributed by atoms with van der Waals surface area (Å²) in [6, 6.07) is -1.28. The monoisotopic (exact) mass is 877 g/mol. The number of aliphatic hydroxyl groups excluding tert-OH is 3. The molecule has 0 bridgehead atoms. The molecule has 2 amide bonds. The first-order valence-electron chi connectivity index (χ1n) is 22.5. The summed E-state index contributed by atoms with van der Waals surface area (Å²) >= 11 is 0. The molecule has 61 heavy (non-hydrogen) atoms. The number of cyclic esters (lactones) is 1. The van der Waals surface area contributed by atoms with Crippen molar-refractivity contribution in [2.45, 2.75) is 212 Å². The molecule has 3 fully saturated rings. The molecule has 18 atom stereocenters. The molecule has 0 spiro atoms. The summed E-state index contributed by atoms with van der Waals surface area (Å²) in [6.45, 7) is 22.4. The quantitative estimate of drug-likeness (QED) is 0.111. The predicted molar refractivity (Wildman–Crippen MR) is 229 cm³/mol. The van der Waals surface area contributed by atoms with Gasteiger partial charge in [0.05, 0.1) is 41.5 Å². The number of nitrogens with zero attached hydrogens (tertiary/aromatic N) is 2. The fourth-order valence-corrected chi connectivity index (χ4v) is 9.70. The Bertz CT molecular complexity index is 1370. The summed E-state index contributed by atoms with van der Waals surface area (Å²) in [5.74, 6) is -2.82. The van der Waals surface area contributed by atoms with Crippen molar-refractivity contribution in [1.29, 1.82) is 0 Å². The van der Waals surface area contributed by atoms with Crippen LogP contribution < -0.4 is 10.6 Å². The minimum Gasteiger partial charge on any atom is -0.459 e. The van der Waals surface area contributed by atoms with Crippen LogP contribution in [0, 0.1) is 17.8 Å². The molecular weight excluding hydrogens is 792 g/mol. The van der Waals surface area contributed by atoms with Gasteiger partial charge in [0, 0.05) is 57.2 Å². The average molecular weight is 877 g/mol. The molecule has 0 radical (unpaired) electrons. The fourth-order valence-electron chi connectivity index (χ4n) is 9.70. The zero-order valence-electron chi connectivity index (χ0n) is 39.8. The topological polar surface area (TPSA) is 221 Å². The highest BCUT2D eigenvalue weighted by atomic mass is 16.7. The van der Waals surface area contributed by atoms with Crippen LogP contribution in [0.4, 0.5) is 4.79 Å². The molecule has 3 heterocycles. The first-order chi connectivity index (χ1) is 28.2. The Hall–Kier alpha value is -1.74. The molecule has 0 saturated carbocycles. The van der Waals surface area contributed by atoms with E-state index in [-0.39, 0.29) is 49.4 Å². The number of hydrogen-bond donors (Lipinski definition) is 7. The van der Waals surface area contributed by atoms with E-state index in [4.69, 9.17) is 28.4 Å². The number of nitrogens with one attached hydrogen (secondary N) is 2. The lowest BCUT2D eigenvalue weighted by molar-refractivity contribution is -0.318. The van der Waals surface area contributed by atoms with Crippen molar-refractivity contribution in [1.82, 2.24) is 20.4 Å². The van der Waals surface area contributed by atoms with Gasteiger partial charge in [-0.3, -0.25) is 9.69 Å². The Balaban J connectivity index is 2.16. The van der Waals surface area contributed by atoms with Gasteiger partial charge in [-0.15, -0.1) is 0 Å². The number of carbonyl (C=O) groups is 2. The van der Waals surface area contributed by atoms with Crippen molar-refractivity contribution in [2.24, 2.45) is 17.8 Å². The van der Waals surface area contributed by atoms with Crippen molar-refractivity contribution in [2.75, 3.05) is 40.8 Å². The molecule has 7 N–H and O–H groups in total. The normalized spacial score (nSPS) is 44.0. The summed E-state index contributed by atoms with van der Waals surface area (Å²) in [7, 11) is 5.25. The molecule has 18 unspecified atom stereocenters. The van der Waals surface area contributed by atoms with E-state index in [1.54, 1.807) is 41.5 Å². The van der Waals surface area contributed by atoms with Crippen molar-refractivity contribution in [3.05, 3.63) is 0 Å². The van der Waals surface area contributed by atoms with Crippen LogP contribution in [-0.4, -0.2) is 185 Å². The van der Waals surface area contributed by atoms with Gasteiger partial charge in [0.15, 0.2) is 12.6 Å². The molecule has 3 aliphatic heterocycles. The van der Waals surface area contributed by atoms with E-state index in [0.29, 0.717) is 32.5 Å². The number of urea groups is 1. The van der Waals surface area contributed by atoms with Crippen molar-refractivity contribution >= 4 is 12.0 Å². The molecule has 3 rings (SSSR count). The molecule has 17 heteroatoms. The standard InChI is InChI=1S/C44H84N4O13/c1-16-32-44(12,55)36(50)29(8)48(19-17-18-45-41(53)46-24(2)3)23-25(4)21-42(10,54)38(61-40-34(49)31(47(13)14)20-26(5)57-40)27(6)35(28(7)39(52)59-32)60-33-22-43(11,56-15)37(51)30(9)58-33/h24-38,40,49-51,54-55H,16-23H2,1-15H3,(H2,45,46,53). The van der Waals surface area contributed by atoms with E-state index in [1.165, 1.54) is 14.0 Å². The smallest absolute Gasteiger partial charge is 0.314 e. The van der Waals surface area contributed by atoms with Crippen molar-refractivity contribution in [3.8, 4) is 0 Å². The number of carbonyl (C=O) groups excluding carboxylic acids is 2. The van der Waals surface area contributed by atoms with Crippen molar-refractivity contribution in [3.63, 3.8) is 0 Å². The number of amides is 2. The van der Waals surface area contributed by atoms with E-state index in [0.717, 1.165) is 0 Å². The maximum absolute atomic E-state index is 14.5. The van der Waals surface area contributed by atoms with Gasteiger partial charge in [-0.1, -0.05) is 20.8 Å². The Morgan fingerprint density at radius 3 is 2.20 bits per heavy atom. The molecule has 0 aliphatic carbocycles. The first-order valence-corrected chi connectivity index (χ1v) is 22.5. The third-order valence-corrected chi connectivity index (χ3v) is 13.4. The molecule has 0 aromatic heterocycles. The van der Waals surface area contributed by atoms with Crippen LogP contribution in [0.25, 0.3) is 0 Å². The van der Waals surface area contributed by atoms with Gasteiger partial charge in [-0.05, 0) is 108 Å². The zero-order valence-corrected chi connectivity index (χ0v) is 39.8. The Morgan fingerprint density at radius 2 is 1.62 bits per heavy atom. The SMILES string of the molecule is CCC1OC(=O)C(C)C(OC2CC(C)(OC)C(O)C(C)O2)C(C)C(OC2OC(C)CC(N(C)C)C2O)C(C)(O)CC(C)CN(CCCNC(=O)NC(C)C)C(C)C(O)C1(C)O. The van der Waals surface area contributed by atoms with Gasteiger partial charge in [0.1, 0.15) is 30.0 Å². The maximum atomic E-state index is 14.5. The number of likely N-dealkylation sites (N-methyl/N-ethyl adjacent to an activating group) is 1. The summed E-state index contributed by atoms with van der Waals surface area (Å²) in [5.41, 5.74) is -4.59. The highest BCUT2D eigenvalue weighted by molar-refractivity contribution is 5.74. The lowest BCUT2D eigenvalue weighted by Gasteiger charge is -2.48. The average Bonchev–Trinajstić information content (AvgIpc) is 3.16. The third-order valence-electron chi connectivity index (χ3n) is 13.4. The minimum absolute atomic E-state index is 0.0323. The van der Waals surface area contributed by atoms with Gasteiger partial charge < -0.3 is 69.5 Å². The highest BCUT2D eigenvalue weighted by Gasteiger charge is 2.53. The van der Waals surface area contributed by atoms with Crippen LogP contribution in [0.1, 0.15) is 115 Å². The van der Waals surface area contributed by atoms with Crippen molar-refractivity contribution < 1.29 is 63.5 Å². The predicted octanol–water partition coefficient (Wildman–Crippen LogP) is 2.37. The lowest BCUT2D eigenvalue weighted by atomic mass is 9.77. The van der Waals surface area contributed by atoms with E-state index >= 15 is 0 Å². The van der Waals surface area contributed by atoms with E-state index in [1.807, 2.05) is 58.5 Å². The molecule has 3 aliphatic rings. The molecule has 17 nitrogen and oxygen atoms in total. The molecule has 0 aromatic carbocycles. The third kappa shape index (κ3) is 13.6. The summed E-state index contributed by atoms with van der Waals surface area (Å²) in [5, 5.41) is 65.2. The van der Waals surface area contributed by atoms with E-state index < -0.39 is 96.0 Å². The van der Waals surface area contributed by atoms with Gasteiger partial charge in [0.25, 0.3) is 0 Å². The molecular formula is C44H84N4O13. The largest absolute Gasteiger partial charge is 0.459 e. The zero-order chi connectivity index (χ0) is 46.4. The molecule has 358 valence electrons. The Morgan fingerprint density at radius 1 is 0.984 bits per heavy atom. The van der Waals surface area contributed by atoms with Crippen LogP contribution in [0.5, 0.6) is 0 Å². The van der Waals surface area contributed by atoms with Gasteiger partial charge in [0.2, 0.25) is 0 Å². The fraction of sp³-hybridized carbons (Fsp3) is 0.955. The number of ether oxygens (including phenoxy) is 6. The van der Waals surface area contributed by atoms with Crippen LogP contribution in [-0.2, 0) is 33.2 Å². The second-order valence-corrected chi connectivity index (χ2v) is 19.6. The lowest BCUT2D eigenvalue weighted by Crippen LogP contribution is -2.60. The number of rotatable bonds is 12. The summed E-state index contributed by atoms with van der Waals surface area (Å²) in [6.07, 6.45) is -8.35. The van der Waals surface area contributed by atoms with E-state index in [2.05, 4.69) is 10.6 Å². The maximum Gasteiger partial charge on any atom is 0.314 e. The molecule has 3 saturated heterocycles. The Kier molecular flexibility index (Phi) is 19.7. The summed E-state index contributed by atoms with van der Waals surface area (Å²) < 4.78 is 37.9. The van der Waals surface area contributed by atoms with Crippen LogP contribution in [0.3, 0.4) is 0 Å². The van der Waals surface area contributed by atoms with Gasteiger partial charge >= 0.3 is 12.0 Å². The summed E-state index contributed by atoms with van der Waals surface area (Å²) in [4.78, 5) is 30.7. The highest BCUT2D eigenvalue weighted by Crippen LogP contribution is 2.40. The van der Waals surface area contributed by atoms with Crippen LogP contribution in [0.15, 0.2) is 0 Å². The Labute approximate surface area is 365 Å². The van der Waals surface area contributed by atoms with E-state index in [9.17, 15) is 35.1 Å². The first kappa shape index (κ1) is 53.6. The number of aliphatic hydroxyl groups is 5. The second kappa shape index (κ2) is 22.4. The number of esters is 1. The number of methoxy groups -OCH3 is 1. The van der Waals surface area contributed by atoms with Crippen LogP contribution >= 0.6 is 0 Å². The minimum atomic E-state index is -1.90. The van der Waals surface area contributed by atoms with Gasteiger partial charge in [-0.2, -0.15) is 0 Å². The number of hydrogen-bond acceptors (Lipinski definition) is 15. The van der Waals surface area contributed by atoms with Crippen LogP contribution in [0.2, 0.25) is 0 Å². The second-order valence-electron chi connectivity index (χ2n) is 19.6. The molecule has 0 aromatic rings. The van der Waals surface area contributed by atoms with Gasteiger partial charge in [-0.25, -0.2) is 4.79 Å².